The average molecular weight is 210 g/mol. The fraction of sp³-hybridized carbons (Fsp3) is 0.846. The maximum atomic E-state index is 6.23. The van der Waals surface area contributed by atoms with Crippen LogP contribution in [0, 0.1) is 0 Å². The molecule has 0 radical (unpaired) electrons. The highest BCUT2D eigenvalue weighted by Gasteiger charge is 2.32. The van der Waals surface area contributed by atoms with Crippen LogP contribution in [-0.2, 0) is 0 Å². The largest absolute Gasteiger partial charge is 0.326 e. The molecule has 1 fully saturated rings. The third-order valence-electron chi connectivity index (χ3n) is 3.75. The summed E-state index contributed by atoms with van der Waals surface area (Å²) >= 11 is 0. The van der Waals surface area contributed by atoms with Crippen molar-refractivity contribution >= 4 is 0 Å². The van der Waals surface area contributed by atoms with Crippen LogP contribution < -0.4 is 5.73 Å². The Morgan fingerprint density at radius 1 is 1.27 bits per heavy atom. The van der Waals surface area contributed by atoms with Gasteiger partial charge in [0.25, 0.3) is 0 Å². The van der Waals surface area contributed by atoms with Gasteiger partial charge in [-0.3, -0.25) is 4.90 Å². The van der Waals surface area contributed by atoms with Crippen molar-refractivity contribution in [2.45, 2.75) is 57.5 Å². The van der Waals surface area contributed by atoms with Crippen LogP contribution in [-0.4, -0.2) is 29.6 Å². The van der Waals surface area contributed by atoms with Gasteiger partial charge in [0.2, 0.25) is 0 Å². The van der Waals surface area contributed by atoms with Crippen molar-refractivity contribution in [2.24, 2.45) is 5.73 Å². The van der Waals surface area contributed by atoms with Crippen LogP contribution in [0.5, 0.6) is 0 Å². The number of likely N-dealkylation sites (tertiary alicyclic amines) is 1. The second-order valence-electron chi connectivity index (χ2n) is 5.19. The molecule has 1 rings (SSSR count). The van der Waals surface area contributed by atoms with E-state index in [4.69, 9.17) is 5.73 Å². The van der Waals surface area contributed by atoms with Crippen LogP contribution in [0.25, 0.3) is 0 Å². The highest BCUT2D eigenvalue weighted by Crippen LogP contribution is 2.23. The van der Waals surface area contributed by atoms with Crippen LogP contribution in [0.2, 0.25) is 0 Å². The standard InChI is InChI=1S/C13H26N2/c1-4-9-12(14)13(2,3)15-10-7-5-6-8-11-15/h4,12H,1,5-11,14H2,2-3H3. The Morgan fingerprint density at radius 2 is 1.80 bits per heavy atom. The van der Waals surface area contributed by atoms with E-state index in [2.05, 4.69) is 25.3 Å². The minimum absolute atomic E-state index is 0.110. The zero-order valence-electron chi connectivity index (χ0n) is 10.3. The van der Waals surface area contributed by atoms with Gasteiger partial charge in [-0.15, -0.1) is 6.58 Å². The molecule has 1 atom stereocenters. The van der Waals surface area contributed by atoms with E-state index in [1.165, 1.54) is 38.8 Å². The molecule has 0 bridgehead atoms. The molecule has 15 heavy (non-hydrogen) atoms. The third kappa shape index (κ3) is 3.32. The van der Waals surface area contributed by atoms with Crippen LogP contribution in [0.15, 0.2) is 12.7 Å². The Bertz CT molecular complexity index is 191. The highest BCUT2D eigenvalue weighted by molar-refractivity contribution is 4.95. The first-order valence-corrected chi connectivity index (χ1v) is 6.20. The summed E-state index contributed by atoms with van der Waals surface area (Å²) in [5.41, 5.74) is 6.34. The van der Waals surface area contributed by atoms with E-state index in [0.717, 1.165) is 6.42 Å². The molecule has 0 saturated carbocycles. The summed E-state index contributed by atoms with van der Waals surface area (Å²) in [7, 11) is 0. The Labute approximate surface area is 94.5 Å². The van der Waals surface area contributed by atoms with Gasteiger partial charge >= 0.3 is 0 Å². The van der Waals surface area contributed by atoms with E-state index >= 15 is 0 Å². The molecule has 2 heteroatoms. The minimum Gasteiger partial charge on any atom is -0.326 e. The zero-order valence-corrected chi connectivity index (χ0v) is 10.3. The summed E-state index contributed by atoms with van der Waals surface area (Å²) in [6.45, 7) is 10.7. The Balaban J connectivity index is 2.60. The average Bonchev–Trinajstić information content (AvgIpc) is 2.46. The summed E-state index contributed by atoms with van der Waals surface area (Å²) in [6.07, 6.45) is 8.24. The summed E-state index contributed by atoms with van der Waals surface area (Å²) < 4.78 is 0. The molecule has 1 aliphatic rings. The van der Waals surface area contributed by atoms with Crippen molar-refractivity contribution in [3.8, 4) is 0 Å². The number of rotatable bonds is 4. The molecule has 1 heterocycles. The molecule has 0 aromatic heterocycles. The number of hydrogen-bond donors (Lipinski definition) is 1. The van der Waals surface area contributed by atoms with Gasteiger partial charge in [-0.2, -0.15) is 0 Å². The summed E-state index contributed by atoms with van der Waals surface area (Å²) in [4.78, 5) is 2.56. The van der Waals surface area contributed by atoms with Crippen LogP contribution >= 0.6 is 0 Å². The molecule has 0 amide bonds. The van der Waals surface area contributed by atoms with Gasteiger partial charge in [-0.1, -0.05) is 18.9 Å². The van der Waals surface area contributed by atoms with E-state index in [1.807, 2.05) is 6.08 Å². The first-order valence-electron chi connectivity index (χ1n) is 6.20. The van der Waals surface area contributed by atoms with Crippen molar-refractivity contribution in [1.29, 1.82) is 0 Å². The van der Waals surface area contributed by atoms with Gasteiger partial charge in [-0.05, 0) is 46.2 Å². The van der Waals surface area contributed by atoms with Gasteiger partial charge in [0, 0.05) is 11.6 Å². The maximum Gasteiger partial charge on any atom is 0.0307 e. The second-order valence-corrected chi connectivity index (χ2v) is 5.19. The predicted molar refractivity (Wildman–Crippen MR) is 66.9 cm³/mol. The lowest BCUT2D eigenvalue weighted by Gasteiger charge is -2.42. The fourth-order valence-electron chi connectivity index (χ4n) is 2.35. The van der Waals surface area contributed by atoms with Gasteiger partial charge < -0.3 is 5.73 Å². The molecule has 1 aliphatic heterocycles. The zero-order chi connectivity index (χ0) is 11.3. The number of nitrogens with zero attached hydrogens (tertiary/aromatic N) is 1. The summed E-state index contributed by atoms with van der Waals surface area (Å²) in [5, 5.41) is 0. The molecule has 88 valence electrons. The number of nitrogens with two attached hydrogens (primary N) is 1. The monoisotopic (exact) mass is 210 g/mol. The third-order valence-corrected chi connectivity index (χ3v) is 3.75. The van der Waals surface area contributed by atoms with Crippen LogP contribution in [0.1, 0.15) is 46.0 Å². The Kier molecular flexibility index (Phi) is 4.81. The molecule has 0 spiro atoms. The molecular weight excluding hydrogens is 184 g/mol. The van der Waals surface area contributed by atoms with Gasteiger partial charge in [0.05, 0.1) is 0 Å². The van der Waals surface area contributed by atoms with E-state index in [9.17, 15) is 0 Å². The van der Waals surface area contributed by atoms with Crippen molar-refractivity contribution in [3.05, 3.63) is 12.7 Å². The summed E-state index contributed by atoms with van der Waals surface area (Å²) in [6, 6.07) is 0.202. The van der Waals surface area contributed by atoms with E-state index in [-0.39, 0.29) is 11.6 Å². The van der Waals surface area contributed by atoms with E-state index in [1.54, 1.807) is 0 Å². The van der Waals surface area contributed by atoms with Gasteiger partial charge in [0.1, 0.15) is 0 Å². The lowest BCUT2D eigenvalue weighted by atomic mass is 9.90. The van der Waals surface area contributed by atoms with Crippen LogP contribution in [0.3, 0.4) is 0 Å². The van der Waals surface area contributed by atoms with E-state index < -0.39 is 0 Å². The van der Waals surface area contributed by atoms with Crippen molar-refractivity contribution < 1.29 is 0 Å². The molecular formula is C13H26N2. The Morgan fingerprint density at radius 3 is 2.27 bits per heavy atom. The molecule has 0 aliphatic carbocycles. The maximum absolute atomic E-state index is 6.23. The predicted octanol–water partition coefficient (Wildman–Crippen LogP) is 2.54. The smallest absolute Gasteiger partial charge is 0.0307 e. The Hall–Kier alpha value is -0.340. The first-order chi connectivity index (χ1) is 7.09. The quantitative estimate of drug-likeness (QED) is 0.723. The lowest BCUT2D eigenvalue weighted by molar-refractivity contribution is 0.0988. The fourth-order valence-corrected chi connectivity index (χ4v) is 2.35. The SMILES string of the molecule is C=CCC(N)C(C)(C)N1CCCCCC1. The van der Waals surface area contributed by atoms with Gasteiger partial charge in [0.15, 0.2) is 0 Å². The lowest BCUT2D eigenvalue weighted by Crippen LogP contribution is -2.56. The second kappa shape index (κ2) is 5.66. The molecule has 2 N–H and O–H groups in total. The van der Waals surface area contributed by atoms with Crippen molar-refractivity contribution in [3.63, 3.8) is 0 Å². The topological polar surface area (TPSA) is 29.3 Å². The van der Waals surface area contributed by atoms with Gasteiger partial charge in [-0.25, -0.2) is 0 Å². The van der Waals surface area contributed by atoms with Crippen molar-refractivity contribution in [2.75, 3.05) is 13.1 Å². The van der Waals surface area contributed by atoms with Crippen molar-refractivity contribution in [1.82, 2.24) is 4.90 Å². The highest BCUT2D eigenvalue weighted by atomic mass is 15.2. The molecule has 1 unspecified atom stereocenters. The molecule has 0 aromatic carbocycles. The molecule has 1 saturated heterocycles. The normalized spacial score (nSPS) is 22.1. The molecule has 2 nitrogen and oxygen atoms in total. The minimum atomic E-state index is 0.110. The van der Waals surface area contributed by atoms with Crippen LogP contribution in [0.4, 0.5) is 0 Å². The van der Waals surface area contributed by atoms with E-state index in [0.29, 0.717) is 0 Å². The summed E-state index contributed by atoms with van der Waals surface area (Å²) in [5.74, 6) is 0. The number of hydrogen-bond acceptors (Lipinski definition) is 2. The molecule has 0 aromatic rings. The first kappa shape index (κ1) is 12.7.